The molecule has 6 heteroatoms. The number of carbonyl (C=O) groups is 2. The molecule has 134 valence electrons. The largest absolute Gasteiger partial charge is 0.344 e. The van der Waals surface area contributed by atoms with Gasteiger partial charge in [0.2, 0.25) is 5.91 Å². The summed E-state index contributed by atoms with van der Waals surface area (Å²) in [5, 5.41) is 8.43. The first-order valence-corrected chi connectivity index (χ1v) is 8.61. The average molecular weight is 342 g/mol. The highest BCUT2D eigenvalue weighted by Crippen LogP contribution is 2.15. The van der Waals surface area contributed by atoms with E-state index in [-0.39, 0.29) is 18.5 Å². The minimum atomic E-state index is -0.201. The number of hydrogen-bond donors (Lipinski definition) is 3. The van der Waals surface area contributed by atoms with Crippen LogP contribution in [0.2, 0.25) is 0 Å². The third-order valence-corrected chi connectivity index (χ3v) is 4.22. The van der Waals surface area contributed by atoms with Gasteiger partial charge in [-0.15, -0.1) is 6.42 Å². The second-order valence-electron chi connectivity index (χ2n) is 6.43. The van der Waals surface area contributed by atoms with Crippen LogP contribution in [-0.2, 0) is 4.79 Å². The summed E-state index contributed by atoms with van der Waals surface area (Å²) in [5.74, 6) is 2.69. The Balaban J connectivity index is 1.71. The van der Waals surface area contributed by atoms with Gasteiger partial charge in [0.15, 0.2) is 0 Å². The summed E-state index contributed by atoms with van der Waals surface area (Å²) in [5.41, 5.74) is 1.93. The highest BCUT2D eigenvalue weighted by molar-refractivity contribution is 5.89. The minimum Gasteiger partial charge on any atom is -0.344 e. The van der Waals surface area contributed by atoms with E-state index < -0.39 is 0 Å². The van der Waals surface area contributed by atoms with Gasteiger partial charge < -0.3 is 16.0 Å². The van der Waals surface area contributed by atoms with Crippen molar-refractivity contribution in [2.75, 3.05) is 38.0 Å². The van der Waals surface area contributed by atoms with E-state index in [9.17, 15) is 9.59 Å². The number of benzene rings is 1. The van der Waals surface area contributed by atoms with Gasteiger partial charge in [-0.3, -0.25) is 9.69 Å². The molecule has 2 rings (SSSR count). The van der Waals surface area contributed by atoms with Crippen molar-refractivity contribution in [1.82, 2.24) is 15.5 Å². The fourth-order valence-electron chi connectivity index (χ4n) is 2.92. The predicted molar refractivity (Wildman–Crippen MR) is 99.2 cm³/mol. The maximum atomic E-state index is 12.0. The molecule has 3 amide bonds. The van der Waals surface area contributed by atoms with E-state index in [0.29, 0.717) is 19.0 Å². The summed E-state index contributed by atoms with van der Waals surface area (Å²) in [6.07, 6.45) is 7.21. The second-order valence-corrected chi connectivity index (χ2v) is 6.43. The molecule has 6 nitrogen and oxygen atoms in total. The number of piperidine rings is 1. The lowest BCUT2D eigenvalue weighted by molar-refractivity contribution is -0.122. The van der Waals surface area contributed by atoms with Crippen LogP contribution in [-0.4, -0.2) is 49.6 Å². The molecular formula is C19H26N4O2. The summed E-state index contributed by atoms with van der Waals surface area (Å²) in [7, 11) is 0. The third-order valence-electron chi connectivity index (χ3n) is 4.22. The Morgan fingerprint density at radius 1 is 1.28 bits per heavy atom. The monoisotopic (exact) mass is 342 g/mol. The molecule has 1 aromatic carbocycles. The first-order valence-electron chi connectivity index (χ1n) is 8.61. The molecule has 0 radical (unpaired) electrons. The molecule has 1 saturated heterocycles. The van der Waals surface area contributed by atoms with Crippen LogP contribution in [0.5, 0.6) is 0 Å². The van der Waals surface area contributed by atoms with Crippen LogP contribution < -0.4 is 16.0 Å². The van der Waals surface area contributed by atoms with Crippen LogP contribution in [0.25, 0.3) is 0 Å². The average Bonchev–Trinajstić information content (AvgIpc) is 2.60. The number of hydrogen-bond acceptors (Lipinski definition) is 3. The first kappa shape index (κ1) is 18.8. The quantitative estimate of drug-likeness (QED) is 0.687. The summed E-state index contributed by atoms with van der Waals surface area (Å²) in [4.78, 5) is 25.9. The fraction of sp³-hybridized carbons (Fsp3) is 0.474. The normalized spacial score (nSPS) is 17.4. The van der Waals surface area contributed by atoms with Crippen molar-refractivity contribution in [3.63, 3.8) is 0 Å². The SMILES string of the molecule is C#CCNC(=O)CN1CCC[C@@H](CNC(=O)Nc2ccc(C)cc2)C1. The highest BCUT2D eigenvalue weighted by Gasteiger charge is 2.21. The Hall–Kier alpha value is -2.52. The number of aryl methyl sites for hydroxylation is 1. The molecule has 0 aliphatic carbocycles. The molecule has 1 aliphatic rings. The summed E-state index contributed by atoms with van der Waals surface area (Å²) >= 11 is 0. The lowest BCUT2D eigenvalue weighted by Crippen LogP contribution is -2.45. The molecule has 1 fully saturated rings. The zero-order valence-corrected chi connectivity index (χ0v) is 14.7. The Bertz CT molecular complexity index is 621. The molecule has 1 atom stereocenters. The van der Waals surface area contributed by atoms with E-state index in [1.165, 1.54) is 0 Å². The number of likely N-dealkylation sites (tertiary alicyclic amines) is 1. The summed E-state index contributed by atoms with van der Waals surface area (Å²) in [6.45, 7) is 4.92. The van der Waals surface area contributed by atoms with Crippen LogP contribution in [0.3, 0.4) is 0 Å². The van der Waals surface area contributed by atoms with Gasteiger partial charge in [-0.05, 0) is 44.4 Å². The fourth-order valence-corrected chi connectivity index (χ4v) is 2.92. The van der Waals surface area contributed by atoms with Gasteiger partial charge in [0.25, 0.3) is 0 Å². The number of terminal acetylenes is 1. The van der Waals surface area contributed by atoms with Gasteiger partial charge in [0, 0.05) is 18.8 Å². The second kappa shape index (κ2) is 9.70. The lowest BCUT2D eigenvalue weighted by Gasteiger charge is -2.32. The number of urea groups is 1. The van der Waals surface area contributed by atoms with E-state index in [1.807, 2.05) is 31.2 Å². The third kappa shape index (κ3) is 6.86. The number of anilines is 1. The Labute approximate surface area is 149 Å². The lowest BCUT2D eigenvalue weighted by atomic mass is 9.98. The number of nitrogens with one attached hydrogen (secondary N) is 3. The van der Waals surface area contributed by atoms with Gasteiger partial charge >= 0.3 is 6.03 Å². The number of rotatable bonds is 6. The van der Waals surface area contributed by atoms with Crippen molar-refractivity contribution in [2.45, 2.75) is 19.8 Å². The molecule has 0 spiro atoms. The van der Waals surface area contributed by atoms with Gasteiger partial charge in [-0.1, -0.05) is 23.6 Å². The van der Waals surface area contributed by atoms with Crippen molar-refractivity contribution in [3.8, 4) is 12.3 Å². The van der Waals surface area contributed by atoms with Crippen molar-refractivity contribution in [1.29, 1.82) is 0 Å². The number of amides is 3. The summed E-state index contributed by atoms with van der Waals surface area (Å²) in [6, 6.07) is 7.48. The molecule has 0 aromatic heterocycles. The van der Waals surface area contributed by atoms with E-state index >= 15 is 0 Å². The zero-order chi connectivity index (χ0) is 18.1. The van der Waals surface area contributed by atoms with Crippen molar-refractivity contribution >= 4 is 17.6 Å². The maximum absolute atomic E-state index is 12.0. The molecule has 1 aromatic rings. The summed E-state index contributed by atoms with van der Waals surface area (Å²) < 4.78 is 0. The number of nitrogens with zero attached hydrogens (tertiary/aromatic N) is 1. The van der Waals surface area contributed by atoms with Gasteiger partial charge in [0.1, 0.15) is 0 Å². The van der Waals surface area contributed by atoms with E-state index in [2.05, 4.69) is 26.8 Å². The van der Waals surface area contributed by atoms with Crippen LogP contribution in [0.4, 0.5) is 10.5 Å². The smallest absolute Gasteiger partial charge is 0.319 e. The molecule has 25 heavy (non-hydrogen) atoms. The van der Waals surface area contributed by atoms with Gasteiger partial charge in [-0.25, -0.2) is 4.79 Å². The van der Waals surface area contributed by atoms with Crippen LogP contribution in [0, 0.1) is 25.2 Å². The Kier molecular flexibility index (Phi) is 7.30. The molecule has 0 unspecified atom stereocenters. The molecule has 3 N–H and O–H groups in total. The molecule has 0 bridgehead atoms. The molecule has 1 aliphatic heterocycles. The highest BCUT2D eigenvalue weighted by atomic mass is 16.2. The van der Waals surface area contributed by atoms with Crippen molar-refractivity contribution < 1.29 is 9.59 Å². The molecule has 0 saturated carbocycles. The molecular weight excluding hydrogens is 316 g/mol. The van der Waals surface area contributed by atoms with Crippen LogP contribution >= 0.6 is 0 Å². The topological polar surface area (TPSA) is 73.5 Å². The van der Waals surface area contributed by atoms with Crippen LogP contribution in [0.1, 0.15) is 18.4 Å². The van der Waals surface area contributed by atoms with Gasteiger partial charge in [0.05, 0.1) is 13.1 Å². The van der Waals surface area contributed by atoms with E-state index in [1.54, 1.807) is 0 Å². The maximum Gasteiger partial charge on any atom is 0.319 e. The molecule has 1 heterocycles. The van der Waals surface area contributed by atoms with Gasteiger partial charge in [-0.2, -0.15) is 0 Å². The van der Waals surface area contributed by atoms with E-state index in [0.717, 1.165) is 37.2 Å². The zero-order valence-electron chi connectivity index (χ0n) is 14.7. The van der Waals surface area contributed by atoms with Crippen molar-refractivity contribution in [2.24, 2.45) is 5.92 Å². The van der Waals surface area contributed by atoms with Crippen molar-refractivity contribution in [3.05, 3.63) is 29.8 Å². The number of carbonyl (C=O) groups excluding carboxylic acids is 2. The van der Waals surface area contributed by atoms with Crippen LogP contribution in [0.15, 0.2) is 24.3 Å². The Morgan fingerprint density at radius 2 is 2.04 bits per heavy atom. The Morgan fingerprint density at radius 3 is 2.76 bits per heavy atom. The standard InChI is InChI=1S/C19H26N4O2/c1-3-10-20-18(24)14-23-11-4-5-16(13-23)12-21-19(25)22-17-8-6-15(2)7-9-17/h1,6-9,16H,4-5,10-14H2,2H3,(H,20,24)(H2,21,22,25)/t16-/m0/s1. The minimum absolute atomic E-state index is 0.0522. The predicted octanol–water partition coefficient (Wildman–Crippen LogP) is 1.58. The van der Waals surface area contributed by atoms with E-state index in [4.69, 9.17) is 6.42 Å². The first-order chi connectivity index (χ1) is 12.1.